The number of imidazole rings is 1. The van der Waals surface area contributed by atoms with Crippen molar-refractivity contribution in [2.24, 2.45) is 5.41 Å². The van der Waals surface area contributed by atoms with Crippen molar-refractivity contribution >= 4 is 5.91 Å². The second kappa shape index (κ2) is 8.93. The van der Waals surface area contributed by atoms with E-state index < -0.39 is 0 Å². The highest BCUT2D eigenvalue weighted by molar-refractivity contribution is 5.76. The van der Waals surface area contributed by atoms with E-state index in [1.165, 1.54) is 30.5 Å². The molecule has 1 spiro atoms. The van der Waals surface area contributed by atoms with Gasteiger partial charge in [-0.1, -0.05) is 38.1 Å². The van der Waals surface area contributed by atoms with Crippen molar-refractivity contribution in [1.82, 2.24) is 19.4 Å². The number of benzene rings is 1. The molecule has 2 aliphatic heterocycles. The fourth-order valence-corrected chi connectivity index (χ4v) is 5.21. The van der Waals surface area contributed by atoms with Crippen LogP contribution in [-0.2, 0) is 17.9 Å². The molecule has 2 aromatic rings. The number of hydrogen-bond acceptors (Lipinski definition) is 3. The lowest BCUT2D eigenvalue weighted by atomic mass is 9.79. The Morgan fingerprint density at radius 2 is 1.93 bits per heavy atom. The normalized spacial score (nSPS) is 22.3. The lowest BCUT2D eigenvalue weighted by Gasteiger charge is -2.40. The van der Waals surface area contributed by atoms with Gasteiger partial charge >= 0.3 is 0 Å². The van der Waals surface area contributed by atoms with Crippen molar-refractivity contribution < 1.29 is 4.79 Å². The molecule has 2 aliphatic rings. The van der Waals surface area contributed by atoms with Crippen LogP contribution in [0.3, 0.4) is 0 Å². The zero-order valence-corrected chi connectivity index (χ0v) is 18.8. The van der Waals surface area contributed by atoms with Crippen molar-refractivity contribution in [3.8, 4) is 0 Å². The number of aromatic nitrogens is 2. The molecular weight excluding hydrogens is 372 g/mol. The Bertz CT molecular complexity index is 856. The second-order valence-electron chi connectivity index (χ2n) is 9.69. The molecule has 5 heteroatoms. The van der Waals surface area contributed by atoms with Crippen molar-refractivity contribution in [3.05, 3.63) is 53.6 Å². The molecule has 1 aromatic heterocycles. The lowest BCUT2D eigenvalue weighted by molar-refractivity contribution is -0.131. The third-order valence-corrected chi connectivity index (χ3v) is 7.07. The molecule has 0 radical (unpaired) electrons. The molecule has 30 heavy (non-hydrogen) atoms. The third kappa shape index (κ3) is 4.77. The fourth-order valence-electron chi connectivity index (χ4n) is 5.21. The summed E-state index contributed by atoms with van der Waals surface area (Å²) in [6, 6.07) is 9.13. The number of piperidine rings is 1. The molecule has 4 rings (SSSR count). The highest BCUT2D eigenvalue weighted by Crippen LogP contribution is 2.39. The Kier molecular flexibility index (Phi) is 6.28. The number of nitrogens with zero attached hydrogens (tertiary/aromatic N) is 4. The third-order valence-electron chi connectivity index (χ3n) is 7.07. The summed E-state index contributed by atoms with van der Waals surface area (Å²) < 4.78 is 2.07. The minimum Gasteiger partial charge on any atom is -0.342 e. The first kappa shape index (κ1) is 21.1. The topological polar surface area (TPSA) is 41.4 Å². The standard InChI is InChI=1S/C25H36N4O/c1-20(2)23-7-5-22(6-8-23)17-27-13-4-10-25(18-27)11-15-29(19-25)24(30)9-14-28-16-12-26-21(28)3/h5-8,12,16,20H,4,9-11,13-15,17-19H2,1-3H3/t25-/m1/s1. The van der Waals surface area contributed by atoms with Gasteiger partial charge < -0.3 is 9.47 Å². The summed E-state index contributed by atoms with van der Waals surface area (Å²) in [6.45, 7) is 12.4. The van der Waals surface area contributed by atoms with Crippen LogP contribution in [-0.4, -0.2) is 51.4 Å². The largest absolute Gasteiger partial charge is 0.342 e. The summed E-state index contributed by atoms with van der Waals surface area (Å²) in [6.07, 6.45) is 7.96. The highest BCUT2D eigenvalue weighted by Gasteiger charge is 2.42. The Morgan fingerprint density at radius 1 is 1.13 bits per heavy atom. The predicted molar refractivity (Wildman–Crippen MR) is 120 cm³/mol. The highest BCUT2D eigenvalue weighted by atomic mass is 16.2. The number of amides is 1. The summed E-state index contributed by atoms with van der Waals surface area (Å²) in [4.78, 5) is 21.8. The molecule has 1 aromatic carbocycles. The number of hydrogen-bond donors (Lipinski definition) is 0. The Balaban J connectivity index is 1.31. The lowest BCUT2D eigenvalue weighted by Crippen LogP contribution is -2.45. The maximum Gasteiger partial charge on any atom is 0.224 e. The number of aryl methyl sites for hydroxylation is 2. The van der Waals surface area contributed by atoms with Crippen LogP contribution in [0.2, 0.25) is 0 Å². The Labute approximate surface area is 181 Å². The minimum atomic E-state index is 0.288. The van der Waals surface area contributed by atoms with E-state index in [4.69, 9.17) is 0 Å². The molecule has 2 fully saturated rings. The van der Waals surface area contributed by atoms with Gasteiger partial charge in [0.2, 0.25) is 5.91 Å². The maximum atomic E-state index is 12.8. The summed E-state index contributed by atoms with van der Waals surface area (Å²) in [5.41, 5.74) is 3.10. The first-order chi connectivity index (χ1) is 14.4. The molecule has 5 nitrogen and oxygen atoms in total. The number of rotatable bonds is 6. The monoisotopic (exact) mass is 408 g/mol. The molecular formula is C25H36N4O. The Hall–Kier alpha value is -2.14. The van der Waals surface area contributed by atoms with Crippen molar-refractivity contribution in [3.63, 3.8) is 0 Å². The van der Waals surface area contributed by atoms with Gasteiger partial charge in [0.15, 0.2) is 0 Å². The molecule has 0 N–H and O–H groups in total. The summed E-state index contributed by atoms with van der Waals surface area (Å²) in [7, 11) is 0. The van der Waals surface area contributed by atoms with E-state index in [9.17, 15) is 4.79 Å². The van der Waals surface area contributed by atoms with Crippen molar-refractivity contribution in [2.75, 3.05) is 26.2 Å². The fraction of sp³-hybridized carbons (Fsp3) is 0.600. The first-order valence-corrected chi connectivity index (χ1v) is 11.5. The molecule has 1 atom stereocenters. The second-order valence-corrected chi connectivity index (χ2v) is 9.69. The van der Waals surface area contributed by atoms with Gasteiger partial charge in [-0.25, -0.2) is 4.98 Å². The van der Waals surface area contributed by atoms with Crippen LogP contribution in [0.4, 0.5) is 0 Å². The molecule has 162 valence electrons. The van der Waals surface area contributed by atoms with E-state index in [2.05, 4.69) is 57.5 Å². The van der Waals surface area contributed by atoms with Gasteiger partial charge in [0.25, 0.3) is 0 Å². The van der Waals surface area contributed by atoms with Crippen LogP contribution < -0.4 is 0 Å². The smallest absolute Gasteiger partial charge is 0.224 e. The zero-order chi connectivity index (χ0) is 21.1. The van der Waals surface area contributed by atoms with E-state index in [-0.39, 0.29) is 5.41 Å². The van der Waals surface area contributed by atoms with Crippen LogP contribution in [0.5, 0.6) is 0 Å². The molecule has 0 aliphatic carbocycles. The average Bonchev–Trinajstić information content (AvgIpc) is 3.33. The van der Waals surface area contributed by atoms with Crippen molar-refractivity contribution in [1.29, 1.82) is 0 Å². The van der Waals surface area contributed by atoms with E-state index in [1.54, 1.807) is 6.20 Å². The molecule has 3 heterocycles. The van der Waals surface area contributed by atoms with Gasteiger partial charge in [-0.2, -0.15) is 0 Å². The predicted octanol–water partition coefficient (Wildman–Crippen LogP) is 4.22. The number of carbonyl (C=O) groups excluding carboxylic acids is 1. The van der Waals surface area contributed by atoms with Crippen LogP contribution in [0.25, 0.3) is 0 Å². The molecule has 1 amide bonds. The quantitative estimate of drug-likeness (QED) is 0.719. The van der Waals surface area contributed by atoms with Gasteiger partial charge in [0, 0.05) is 57.0 Å². The maximum absolute atomic E-state index is 12.8. The average molecular weight is 409 g/mol. The first-order valence-electron chi connectivity index (χ1n) is 11.5. The van der Waals surface area contributed by atoms with Crippen molar-refractivity contribution in [2.45, 2.75) is 65.5 Å². The summed E-state index contributed by atoms with van der Waals surface area (Å²) in [5, 5.41) is 0. The van der Waals surface area contributed by atoms with Crippen LogP contribution in [0, 0.1) is 12.3 Å². The van der Waals surface area contributed by atoms with E-state index in [0.29, 0.717) is 18.2 Å². The van der Waals surface area contributed by atoms with E-state index >= 15 is 0 Å². The summed E-state index contributed by atoms with van der Waals surface area (Å²) in [5.74, 6) is 1.85. The van der Waals surface area contributed by atoms with Gasteiger partial charge in [0.05, 0.1) is 0 Å². The molecule has 0 unspecified atom stereocenters. The van der Waals surface area contributed by atoms with Crippen LogP contribution in [0.1, 0.15) is 62.4 Å². The SMILES string of the molecule is Cc1nccn1CCC(=O)N1CC[C@@]2(CCCN(Cc3ccc(C(C)C)cc3)C2)C1. The molecule has 0 bridgehead atoms. The van der Waals surface area contributed by atoms with Gasteiger partial charge in [-0.3, -0.25) is 9.69 Å². The van der Waals surface area contributed by atoms with Gasteiger partial charge in [-0.05, 0) is 49.8 Å². The minimum absolute atomic E-state index is 0.288. The van der Waals surface area contributed by atoms with Gasteiger partial charge in [-0.15, -0.1) is 0 Å². The molecule has 0 saturated carbocycles. The van der Waals surface area contributed by atoms with Gasteiger partial charge in [0.1, 0.15) is 5.82 Å². The van der Waals surface area contributed by atoms with Crippen LogP contribution in [0.15, 0.2) is 36.7 Å². The van der Waals surface area contributed by atoms with Crippen LogP contribution >= 0.6 is 0 Å². The molecule has 2 saturated heterocycles. The zero-order valence-electron chi connectivity index (χ0n) is 18.8. The van der Waals surface area contributed by atoms with E-state index in [1.807, 2.05) is 13.1 Å². The Morgan fingerprint density at radius 3 is 2.63 bits per heavy atom. The number of likely N-dealkylation sites (tertiary alicyclic amines) is 2. The number of carbonyl (C=O) groups is 1. The summed E-state index contributed by atoms with van der Waals surface area (Å²) >= 11 is 0. The van der Waals surface area contributed by atoms with E-state index in [0.717, 1.165) is 45.0 Å².